The molecule has 2 rings (SSSR count). The van der Waals surface area contributed by atoms with Gasteiger partial charge in [0.25, 0.3) is 0 Å². The Morgan fingerprint density at radius 1 is 1.33 bits per heavy atom. The summed E-state index contributed by atoms with van der Waals surface area (Å²) in [6.45, 7) is 6.30. The van der Waals surface area contributed by atoms with Gasteiger partial charge in [-0.1, -0.05) is 6.42 Å². The lowest BCUT2D eigenvalue weighted by Gasteiger charge is -2.44. The van der Waals surface area contributed by atoms with Crippen molar-refractivity contribution in [2.45, 2.75) is 44.7 Å². The third-order valence-corrected chi connectivity index (χ3v) is 4.07. The smallest absolute Gasteiger partial charge is 0.146 e. The van der Waals surface area contributed by atoms with Gasteiger partial charge in [0, 0.05) is 17.3 Å². The van der Waals surface area contributed by atoms with E-state index in [1.54, 1.807) is 12.3 Å². The van der Waals surface area contributed by atoms with Crippen LogP contribution in [0.4, 0.5) is 4.39 Å². The van der Waals surface area contributed by atoms with Gasteiger partial charge in [0.1, 0.15) is 5.82 Å². The summed E-state index contributed by atoms with van der Waals surface area (Å²) in [5, 5.41) is 0. The van der Waals surface area contributed by atoms with Gasteiger partial charge in [-0.25, -0.2) is 4.39 Å². The second-order valence-corrected chi connectivity index (χ2v) is 5.58. The SMILES string of the molecule is CC(C)(C(N)c1ccncc1F)N1CCCCC1. The lowest BCUT2D eigenvalue weighted by molar-refractivity contribution is 0.0719. The lowest BCUT2D eigenvalue weighted by atomic mass is 9.86. The second-order valence-electron chi connectivity index (χ2n) is 5.58. The molecule has 0 aromatic carbocycles. The number of pyridine rings is 1. The Balaban J connectivity index is 2.20. The molecule has 1 unspecified atom stereocenters. The molecule has 18 heavy (non-hydrogen) atoms. The molecule has 1 atom stereocenters. The van der Waals surface area contributed by atoms with Crippen LogP contribution in [0.3, 0.4) is 0 Å². The van der Waals surface area contributed by atoms with Crippen LogP contribution in [0.2, 0.25) is 0 Å². The zero-order valence-electron chi connectivity index (χ0n) is 11.2. The van der Waals surface area contributed by atoms with Gasteiger partial charge in [0.2, 0.25) is 0 Å². The highest BCUT2D eigenvalue weighted by molar-refractivity contribution is 5.21. The Hall–Kier alpha value is -1.00. The number of nitrogens with zero attached hydrogens (tertiary/aromatic N) is 2. The summed E-state index contributed by atoms with van der Waals surface area (Å²) in [5.74, 6) is -0.310. The molecule has 0 saturated carbocycles. The largest absolute Gasteiger partial charge is 0.322 e. The fourth-order valence-electron chi connectivity index (χ4n) is 2.69. The number of nitrogens with two attached hydrogens (primary N) is 1. The molecular weight excluding hydrogens is 229 g/mol. The first-order valence-corrected chi connectivity index (χ1v) is 6.63. The van der Waals surface area contributed by atoms with Crippen LogP contribution >= 0.6 is 0 Å². The van der Waals surface area contributed by atoms with E-state index in [0.29, 0.717) is 5.56 Å². The van der Waals surface area contributed by atoms with Crippen molar-refractivity contribution in [3.8, 4) is 0 Å². The third-order valence-electron chi connectivity index (χ3n) is 4.07. The highest BCUT2D eigenvalue weighted by atomic mass is 19.1. The summed E-state index contributed by atoms with van der Waals surface area (Å²) >= 11 is 0. The minimum absolute atomic E-state index is 0.234. The van der Waals surface area contributed by atoms with Gasteiger partial charge in [-0.15, -0.1) is 0 Å². The van der Waals surface area contributed by atoms with E-state index < -0.39 is 0 Å². The summed E-state index contributed by atoms with van der Waals surface area (Å²) in [4.78, 5) is 6.15. The average molecular weight is 251 g/mol. The Labute approximate surface area is 108 Å². The molecule has 4 heteroatoms. The Morgan fingerprint density at radius 2 is 2.00 bits per heavy atom. The van der Waals surface area contributed by atoms with Gasteiger partial charge in [0.15, 0.2) is 0 Å². The van der Waals surface area contributed by atoms with E-state index in [9.17, 15) is 4.39 Å². The molecule has 1 aromatic heterocycles. The number of likely N-dealkylation sites (tertiary alicyclic amines) is 1. The number of rotatable bonds is 3. The van der Waals surface area contributed by atoms with Crippen molar-refractivity contribution in [2.24, 2.45) is 5.73 Å². The van der Waals surface area contributed by atoms with Crippen LogP contribution in [0, 0.1) is 5.82 Å². The van der Waals surface area contributed by atoms with Crippen LogP contribution in [-0.4, -0.2) is 28.5 Å². The fourth-order valence-corrected chi connectivity index (χ4v) is 2.69. The molecule has 0 aliphatic carbocycles. The zero-order chi connectivity index (χ0) is 13.2. The first-order chi connectivity index (χ1) is 8.53. The highest BCUT2D eigenvalue weighted by Gasteiger charge is 2.35. The van der Waals surface area contributed by atoms with Gasteiger partial charge in [0.05, 0.1) is 12.2 Å². The molecule has 2 heterocycles. The van der Waals surface area contributed by atoms with Crippen LogP contribution in [-0.2, 0) is 0 Å². The molecule has 1 saturated heterocycles. The minimum Gasteiger partial charge on any atom is -0.322 e. The number of hydrogen-bond acceptors (Lipinski definition) is 3. The number of piperidine rings is 1. The van der Waals surface area contributed by atoms with Crippen molar-refractivity contribution in [1.29, 1.82) is 0 Å². The van der Waals surface area contributed by atoms with Crippen LogP contribution < -0.4 is 5.73 Å². The standard InChI is InChI=1S/C14H22FN3/c1-14(2,18-8-4-3-5-9-18)13(16)11-6-7-17-10-12(11)15/h6-7,10,13H,3-5,8-9,16H2,1-2H3. The molecule has 0 radical (unpaired) electrons. The van der Waals surface area contributed by atoms with Crippen molar-refractivity contribution in [2.75, 3.05) is 13.1 Å². The Bertz CT molecular complexity index is 400. The maximum atomic E-state index is 13.8. The van der Waals surface area contributed by atoms with Gasteiger partial charge < -0.3 is 5.73 Å². The molecular formula is C14H22FN3. The summed E-state index contributed by atoms with van der Waals surface area (Å²) in [6.07, 6.45) is 6.53. The molecule has 3 nitrogen and oxygen atoms in total. The third kappa shape index (κ3) is 2.54. The van der Waals surface area contributed by atoms with Crippen LogP contribution in [0.1, 0.15) is 44.7 Å². The van der Waals surface area contributed by atoms with Crippen molar-refractivity contribution in [3.63, 3.8) is 0 Å². The molecule has 1 aromatic rings. The molecule has 1 aliphatic rings. The predicted octanol–water partition coefficient (Wildman–Crippen LogP) is 2.49. The quantitative estimate of drug-likeness (QED) is 0.897. The first kappa shape index (κ1) is 13.4. The van der Waals surface area contributed by atoms with E-state index in [1.807, 2.05) is 0 Å². The van der Waals surface area contributed by atoms with Crippen molar-refractivity contribution < 1.29 is 4.39 Å². The van der Waals surface area contributed by atoms with Crippen LogP contribution in [0.15, 0.2) is 18.5 Å². The molecule has 100 valence electrons. The van der Waals surface area contributed by atoms with Crippen molar-refractivity contribution >= 4 is 0 Å². The maximum absolute atomic E-state index is 13.8. The molecule has 0 bridgehead atoms. The summed E-state index contributed by atoms with van der Waals surface area (Å²) in [7, 11) is 0. The van der Waals surface area contributed by atoms with Gasteiger partial charge in [-0.05, 0) is 45.8 Å². The summed E-state index contributed by atoms with van der Waals surface area (Å²) in [5.41, 5.74) is 6.62. The van der Waals surface area contributed by atoms with E-state index in [4.69, 9.17) is 5.73 Å². The predicted molar refractivity (Wildman–Crippen MR) is 70.6 cm³/mol. The minimum atomic E-state index is -0.335. The maximum Gasteiger partial charge on any atom is 0.146 e. The van der Waals surface area contributed by atoms with Gasteiger partial charge >= 0.3 is 0 Å². The topological polar surface area (TPSA) is 42.1 Å². The van der Waals surface area contributed by atoms with Crippen molar-refractivity contribution in [3.05, 3.63) is 29.8 Å². The fraction of sp³-hybridized carbons (Fsp3) is 0.643. The van der Waals surface area contributed by atoms with E-state index in [-0.39, 0.29) is 17.4 Å². The van der Waals surface area contributed by atoms with Gasteiger partial charge in [-0.3, -0.25) is 9.88 Å². The number of aromatic nitrogens is 1. The number of halogens is 1. The monoisotopic (exact) mass is 251 g/mol. The molecule has 2 N–H and O–H groups in total. The first-order valence-electron chi connectivity index (χ1n) is 6.63. The molecule has 0 spiro atoms. The summed E-state index contributed by atoms with van der Waals surface area (Å²) in [6, 6.07) is 1.35. The average Bonchev–Trinajstić information content (AvgIpc) is 2.39. The van der Waals surface area contributed by atoms with E-state index >= 15 is 0 Å². The van der Waals surface area contributed by atoms with E-state index in [1.165, 1.54) is 25.5 Å². The highest BCUT2D eigenvalue weighted by Crippen LogP contribution is 2.32. The van der Waals surface area contributed by atoms with Gasteiger partial charge in [-0.2, -0.15) is 0 Å². The van der Waals surface area contributed by atoms with Crippen LogP contribution in [0.25, 0.3) is 0 Å². The van der Waals surface area contributed by atoms with E-state index in [0.717, 1.165) is 13.1 Å². The Morgan fingerprint density at radius 3 is 2.61 bits per heavy atom. The molecule has 1 aliphatic heterocycles. The van der Waals surface area contributed by atoms with Crippen molar-refractivity contribution in [1.82, 2.24) is 9.88 Å². The lowest BCUT2D eigenvalue weighted by Crippen LogP contribution is -2.53. The molecule has 0 amide bonds. The normalized spacial score (nSPS) is 19.8. The summed E-state index contributed by atoms with van der Waals surface area (Å²) < 4.78 is 13.8. The second kappa shape index (κ2) is 5.33. The Kier molecular flexibility index (Phi) is 3.97. The van der Waals surface area contributed by atoms with Crippen LogP contribution in [0.5, 0.6) is 0 Å². The zero-order valence-corrected chi connectivity index (χ0v) is 11.2. The molecule has 1 fully saturated rings. The van der Waals surface area contributed by atoms with E-state index in [2.05, 4.69) is 23.7 Å². The number of hydrogen-bond donors (Lipinski definition) is 1.